The molecule has 2 heterocycles. The maximum Gasteiger partial charge on any atom is 0.251 e. The van der Waals surface area contributed by atoms with Crippen LogP contribution in [0.3, 0.4) is 0 Å². The van der Waals surface area contributed by atoms with Crippen molar-refractivity contribution in [3.8, 4) is 5.75 Å². The van der Waals surface area contributed by atoms with Gasteiger partial charge in [0, 0.05) is 32.4 Å². The van der Waals surface area contributed by atoms with Crippen LogP contribution in [0.2, 0.25) is 0 Å². The van der Waals surface area contributed by atoms with Gasteiger partial charge in [0.1, 0.15) is 5.75 Å². The molecular formula is C19H24N4O4S. The molecular weight excluding hydrogens is 380 g/mol. The molecule has 2 aliphatic rings. The molecule has 2 aliphatic heterocycles. The summed E-state index contributed by atoms with van der Waals surface area (Å²) in [5, 5.41) is 2.62. The molecule has 2 amide bonds. The summed E-state index contributed by atoms with van der Waals surface area (Å²) in [5.74, 6) is -1.41. The van der Waals surface area contributed by atoms with Gasteiger partial charge in [-0.15, -0.1) is 0 Å². The molecule has 1 aromatic rings. The topological polar surface area (TPSA) is 83.5 Å². The van der Waals surface area contributed by atoms with Crippen molar-refractivity contribution in [2.75, 3.05) is 51.4 Å². The lowest BCUT2D eigenvalue weighted by Crippen LogP contribution is -2.58. The molecule has 0 unspecified atom stereocenters. The molecule has 2 saturated heterocycles. The average Bonchev–Trinajstić information content (AvgIpc) is 2.71. The van der Waals surface area contributed by atoms with Crippen LogP contribution < -0.4 is 15.0 Å². The van der Waals surface area contributed by atoms with Crippen LogP contribution in [0.15, 0.2) is 29.3 Å². The number of benzene rings is 1. The Balaban J connectivity index is 1.63. The SMILES string of the molecule is COc1ccccc1N1C(=O)[C@H](C=NCCCN2CCOCC2)C(=O)NC1=S. The quantitative estimate of drug-likeness (QED) is 0.314. The number of carbonyl (C=O) groups excluding carboxylic acids is 2. The van der Waals surface area contributed by atoms with Crippen molar-refractivity contribution in [3.63, 3.8) is 0 Å². The van der Waals surface area contributed by atoms with Crippen molar-refractivity contribution in [1.29, 1.82) is 0 Å². The lowest BCUT2D eigenvalue weighted by atomic mass is 10.1. The molecule has 9 heteroatoms. The number of rotatable bonds is 7. The van der Waals surface area contributed by atoms with E-state index < -0.39 is 17.7 Å². The second-order valence-electron chi connectivity index (χ2n) is 6.48. The summed E-state index contributed by atoms with van der Waals surface area (Å²) in [4.78, 5) is 33.1. The molecule has 0 aromatic heterocycles. The number of methoxy groups -OCH3 is 1. The van der Waals surface area contributed by atoms with Crippen molar-refractivity contribution in [1.82, 2.24) is 10.2 Å². The van der Waals surface area contributed by atoms with Gasteiger partial charge in [-0.3, -0.25) is 24.4 Å². The minimum absolute atomic E-state index is 0.0384. The van der Waals surface area contributed by atoms with Gasteiger partial charge in [0.05, 0.1) is 26.0 Å². The van der Waals surface area contributed by atoms with Gasteiger partial charge in [0.2, 0.25) is 5.91 Å². The predicted octanol–water partition coefficient (Wildman–Crippen LogP) is 0.852. The van der Waals surface area contributed by atoms with Crippen LogP contribution in [-0.4, -0.2) is 74.5 Å². The lowest BCUT2D eigenvalue weighted by molar-refractivity contribution is -0.130. The lowest BCUT2D eigenvalue weighted by Gasteiger charge is -2.31. The Morgan fingerprint density at radius 1 is 1.32 bits per heavy atom. The first kappa shape index (κ1) is 20.4. The average molecular weight is 404 g/mol. The Hall–Kier alpha value is -2.36. The Morgan fingerprint density at radius 2 is 2.07 bits per heavy atom. The molecule has 0 radical (unpaired) electrons. The van der Waals surface area contributed by atoms with Crippen LogP contribution in [0.1, 0.15) is 6.42 Å². The smallest absolute Gasteiger partial charge is 0.251 e. The van der Waals surface area contributed by atoms with Crippen molar-refractivity contribution < 1.29 is 19.1 Å². The minimum Gasteiger partial charge on any atom is -0.495 e. The Labute approximate surface area is 169 Å². The van der Waals surface area contributed by atoms with Gasteiger partial charge in [0.25, 0.3) is 5.91 Å². The van der Waals surface area contributed by atoms with E-state index in [4.69, 9.17) is 21.7 Å². The maximum atomic E-state index is 12.9. The second kappa shape index (κ2) is 9.72. The highest BCUT2D eigenvalue weighted by atomic mass is 32.1. The number of morpholine rings is 1. The fraction of sp³-hybridized carbons (Fsp3) is 0.474. The van der Waals surface area contributed by atoms with Crippen molar-refractivity contribution in [2.45, 2.75) is 6.42 Å². The molecule has 0 bridgehead atoms. The van der Waals surface area contributed by atoms with E-state index in [1.807, 2.05) is 0 Å². The minimum atomic E-state index is -1.01. The van der Waals surface area contributed by atoms with Gasteiger partial charge in [-0.05, 0) is 30.8 Å². The zero-order valence-corrected chi connectivity index (χ0v) is 16.6. The molecule has 1 N–H and O–H groups in total. The number of thiocarbonyl (C=S) groups is 1. The molecule has 1 atom stereocenters. The fourth-order valence-electron chi connectivity index (χ4n) is 3.15. The van der Waals surface area contributed by atoms with Gasteiger partial charge >= 0.3 is 0 Å². The maximum absolute atomic E-state index is 12.9. The second-order valence-corrected chi connectivity index (χ2v) is 6.87. The van der Waals surface area contributed by atoms with E-state index in [-0.39, 0.29) is 5.11 Å². The summed E-state index contributed by atoms with van der Waals surface area (Å²) in [6.07, 6.45) is 2.27. The molecule has 8 nitrogen and oxygen atoms in total. The summed E-state index contributed by atoms with van der Waals surface area (Å²) in [5.41, 5.74) is 0.491. The zero-order valence-electron chi connectivity index (χ0n) is 15.8. The van der Waals surface area contributed by atoms with Crippen LogP contribution in [0.4, 0.5) is 5.69 Å². The van der Waals surface area contributed by atoms with Gasteiger partial charge in [0.15, 0.2) is 11.0 Å². The zero-order chi connectivity index (χ0) is 19.9. The number of hydrogen-bond acceptors (Lipinski definition) is 7. The van der Waals surface area contributed by atoms with Crippen LogP contribution in [0.25, 0.3) is 0 Å². The van der Waals surface area contributed by atoms with Crippen molar-refractivity contribution >= 4 is 41.0 Å². The van der Waals surface area contributed by atoms with Crippen molar-refractivity contribution in [3.05, 3.63) is 24.3 Å². The number of ether oxygens (including phenoxy) is 2. The third kappa shape index (κ3) is 4.73. The normalized spacial score (nSPS) is 21.2. The van der Waals surface area contributed by atoms with E-state index in [0.29, 0.717) is 18.0 Å². The first-order chi connectivity index (χ1) is 13.6. The largest absolute Gasteiger partial charge is 0.495 e. The third-order valence-corrected chi connectivity index (χ3v) is 4.93. The standard InChI is InChI=1S/C19H24N4O4S/c1-26-16-6-3-2-5-15(16)23-18(25)14(17(24)21-19(23)28)13-20-7-4-8-22-9-11-27-12-10-22/h2-3,5-6,13-14H,4,7-12H2,1H3,(H,21,24,28)/t14-/m1/s1. The number of amides is 2. The monoisotopic (exact) mass is 404 g/mol. The van der Waals surface area contributed by atoms with E-state index in [2.05, 4.69) is 15.2 Å². The summed E-state index contributed by atoms with van der Waals surface area (Å²) in [6.45, 7) is 4.85. The summed E-state index contributed by atoms with van der Waals surface area (Å²) in [6, 6.07) is 7.03. The molecule has 2 fully saturated rings. The fourth-order valence-corrected chi connectivity index (χ4v) is 3.44. The summed E-state index contributed by atoms with van der Waals surface area (Å²) >= 11 is 5.21. The molecule has 0 saturated carbocycles. The highest BCUT2D eigenvalue weighted by Gasteiger charge is 2.39. The van der Waals surface area contributed by atoms with Crippen LogP contribution in [0, 0.1) is 5.92 Å². The summed E-state index contributed by atoms with van der Waals surface area (Å²) in [7, 11) is 1.52. The van der Waals surface area contributed by atoms with E-state index in [1.165, 1.54) is 18.2 Å². The van der Waals surface area contributed by atoms with Crippen LogP contribution >= 0.6 is 12.2 Å². The number of carbonyl (C=O) groups is 2. The highest BCUT2D eigenvalue weighted by molar-refractivity contribution is 7.80. The molecule has 0 aliphatic carbocycles. The first-order valence-electron chi connectivity index (χ1n) is 9.23. The van der Waals surface area contributed by atoms with Crippen LogP contribution in [-0.2, 0) is 14.3 Å². The van der Waals surface area contributed by atoms with Crippen molar-refractivity contribution in [2.24, 2.45) is 10.9 Å². The van der Waals surface area contributed by atoms with Gasteiger partial charge in [-0.2, -0.15) is 0 Å². The number of para-hydroxylation sites is 2. The Kier molecular flexibility index (Phi) is 7.07. The molecule has 1 aromatic carbocycles. The highest BCUT2D eigenvalue weighted by Crippen LogP contribution is 2.30. The third-order valence-electron chi connectivity index (χ3n) is 4.65. The molecule has 28 heavy (non-hydrogen) atoms. The Morgan fingerprint density at radius 3 is 2.82 bits per heavy atom. The number of nitrogens with one attached hydrogen (secondary N) is 1. The number of aliphatic imine (C=N–C) groups is 1. The van der Waals surface area contributed by atoms with E-state index in [0.717, 1.165) is 39.3 Å². The number of anilines is 1. The summed E-state index contributed by atoms with van der Waals surface area (Å²) < 4.78 is 10.6. The Bertz CT molecular complexity index is 764. The molecule has 150 valence electrons. The molecule has 3 rings (SSSR count). The first-order valence-corrected chi connectivity index (χ1v) is 9.64. The van der Waals surface area contributed by atoms with E-state index in [9.17, 15) is 9.59 Å². The van der Waals surface area contributed by atoms with E-state index in [1.54, 1.807) is 24.3 Å². The van der Waals surface area contributed by atoms with E-state index >= 15 is 0 Å². The molecule has 0 spiro atoms. The van der Waals surface area contributed by atoms with Gasteiger partial charge < -0.3 is 14.8 Å². The van der Waals surface area contributed by atoms with Gasteiger partial charge in [-0.1, -0.05) is 12.1 Å². The number of hydrogen-bond donors (Lipinski definition) is 1. The predicted molar refractivity (Wildman–Crippen MR) is 110 cm³/mol. The number of nitrogens with zero attached hydrogens (tertiary/aromatic N) is 3. The van der Waals surface area contributed by atoms with Crippen LogP contribution in [0.5, 0.6) is 5.75 Å². The van der Waals surface area contributed by atoms with Gasteiger partial charge in [-0.25, -0.2) is 0 Å².